The highest BCUT2D eigenvalue weighted by molar-refractivity contribution is 5.47. The molecule has 0 aliphatic heterocycles. The first kappa shape index (κ1) is 40.3. The Balaban J connectivity index is 1.03. The molecule has 0 aliphatic rings. The van der Waals surface area contributed by atoms with Crippen LogP contribution in [0.15, 0.2) is 84.9 Å². The van der Waals surface area contributed by atoms with Crippen LogP contribution in [-0.2, 0) is 38.5 Å². The Morgan fingerprint density at radius 3 is 1.00 bits per heavy atom. The van der Waals surface area contributed by atoms with E-state index in [4.69, 9.17) is 11.5 Å². The fourth-order valence-corrected chi connectivity index (χ4v) is 7.57. The van der Waals surface area contributed by atoms with Crippen LogP contribution in [0.5, 0.6) is 0 Å². The molecular formula is C49H70N2. The molecule has 4 aromatic carbocycles. The molecule has 0 radical (unpaired) electrons. The standard InChI is InChI=1S/C49H70N2/c1-3-5-7-18-22-44-38-48(50)34-32-46(44)36-42-28-24-40(25-29-42)20-16-14-12-10-9-11-13-15-17-21-41-26-30-43(31-27-41)37-47-33-35-49(51)39-45(47)23-19-8-6-4-2/h24-35,38-39H,3-23,36-37,50-51H2,1-2H3. The first-order valence-corrected chi connectivity index (χ1v) is 20.9. The lowest BCUT2D eigenvalue weighted by molar-refractivity contribution is 0.558. The minimum Gasteiger partial charge on any atom is -0.399 e. The van der Waals surface area contributed by atoms with Crippen molar-refractivity contribution in [3.05, 3.63) is 129 Å². The first-order chi connectivity index (χ1) is 25.0. The van der Waals surface area contributed by atoms with Crippen LogP contribution in [0.2, 0.25) is 0 Å². The molecule has 0 spiro atoms. The van der Waals surface area contributed by atoms with Gasteiger partial charge in [0.15, 0.2) is 0 Å². The summed E-state index contributed by atoms with van der Waals surface area (Å²) in [6.07, 6.45) is 29.2. The van der Waals surface area contributed by atoms with Gasteiger partial charge in [-0.2, -0.15) is 0 Å². The molecule has 0 saturated carbocycles. The van der Waals surface area contributed by atoms with Crippen molar-refractivity contribution in [2.24, 2.45) is 0 Å². The molecule has 4 N–H and O–H groups in total. The monoisotopic (exact) mass is 687 g/mol. The van der Waals surface area contributed by atoms with E-state index in [9.17, 15) is 0 Å². The maximum absolute atomic E-state index is 6.13. The van der Waals surface area contributed by atoms with E-state index in [-0.39, 0.29) is 0 Å². The van der Waals surface area contributed by atoms with E-state index in [2.05, 4.69) is 98.8 Å². The van der Waals surface area contributed by atoms with Gasteiger partial charge in [-0.15, -0.1) is 0 Å². The van der Waals surface area contributed by atoms with E-state index in [1.807, 2.05) is 0 Å². The normalized spacial score (nSPS) is 11.3. The van der Waals surface area contributed by atoms with Crippen LogP contribution >= 0.6 is 0 Å². The third-order valence-electron chi connectivity index (χ3n) is 10.8. The molecule has 2 nitrogen and oxygen atoms in total. The van der Waals surface area contributed by atoms with Crippen molar-refractivity contribution in [2.45, 2.75) is 162 Å². The molecule has 276 valence electrons. The molecule has 0 saturated heterocycles. The number of rotatable bonds is 26. The second kappa shape index (κ2) is 23.9. The smallest absolute Gasteiger partial charge is 0.0316 e. The Morgan fingerprint density at radius 2 is 0.627 bits per heavy atom. The molecule has 4 aromatic rings. The van der Waals surface area contributed by atoms with E-state index in [1.165, 1.54) is 167 Å². The summed E-state index contributed by atoms with van der Waals surface area (Å²) in [6, 6.07) is 31.8. The molecule has 0 atom stereocenters. The first-order valence-electron chi connectivity index (χ1n) is 20.9. The molecule has 0 bridgehead atoms. The van der Waals surface area contributed by atoms with Gasteiger partial charge in [0, 0.05) is 11.4 Å². The van der Waals surface area contributed by atoms with Crippen molar-refractivity contribution in [1.29, 1.82) is 0 Å². The zero-order valence-corrected chi connectivity index (χ0v) is 32.5. The molecule has 2 heteroatoms. The molecule has 0 fully saturated rings. The second-order valence-electron chi connectivity index (χ2n) is 15.3. The molecule has 0 heterocycles. The minimum atomic E-state index is 0.890. The number of benzene rings is 4. The Morgan fingerprint density at radius 1 is 0.314 bits per heavy atom. The topological polar surface area (TPSA) is 52.0 Å². The van der Waals surface area contributed by atoms with Gasteiger partial charge in [0.2, 0.25) is 0 Å². The fraction of sp³-hybridized carbons (Fsp3) is 0.510. The van der Waals surface area contributed by atoms with Gasteiger partial charge >= 0.3 is 0 Å². The molecule has 0 aliphatic carbocycles. The number of anilines is 2. The zero-order chi connectivity index (χ0) is 35.9. The summed E-state index contributed by atoms with van der Waals surface area (Å²) in [5.41, 5.74) is 25.6. The van der Waals surface area contributed by atoms with Crippen LogP contribution in [0.3, 0.4) is 0 Å². The van der Waals surface area contributed by atoms with Crippen LogP contribution < -0.4 is 11.5 Å². The third-order valence-corrected chi connectivity index (χ3v) is 10.8. The minimum absolute atomic E-state index is 0.890. The number of nitrogen functional groups attached to an aromatic ring is 2. The molecule has 0 amide bonds. The van der Waals surface area contributed by atoms with Crippen LogP contribution in [0, 0.1) is 0 Å². The van der Waals surface area contributed by atoms with E-state index >= 15 is 0 Å². The highest BCUT2D eigenvalue weighted by Gasteiger charge is 2.07. The van der Waals surface area contributed by atoms with Crippen molar-refractivity contribution in [3.63, 3.8) is 0 Å². The SMILES string of the molecule is CCCCCCc1cc(N)ccc1Cc1ccc(CCCCCCCCCCCc2ccc(Cc3ccc(N)cc3CCCCCC)cc2)cc1. The summed E-state index contributed by atoms with van der Waals surface area (Å²) in [6.45, 7) is 4.55. The quantitative estimate of drug-likeness (QED) is 0.0510. The van der Waals surface area contributed by atoms with E-state index < -0.39 is 0 Å². The third kappa shape index (κ3) is 15.7. The fourth-order valence-electron chi connectivity index (χ4n) is 7.57. The summed E-state index contributed by atoms with van der Waals surface area (Å²) < 4.78 is 0. The van der Waals surface area contributed by atoms with Gasteiger partial charge in [0.1, 0.15) is 0 Å². The van der Waals surface area contributed by atoms with Gasteiger partial charge in [0.25, 0.3) is 0 Å². The number of unbranched alkanes of at least 4 members (excludes halogenated alkanes) is 14. The Bertz CT molecular complexity index is 1390. The predicted octanol–water partition coefficient (Wildman–Crippen LogP) is 13.6. The largest absolute Gasteiger partial charge is 0.399 e. The molecule has 0 aromatic heterocycles. The average molecular weight is 687 g/mol. The predicted molar refractivity (Wildman–Crippen MR) is 225 cm³/mol. The number of aryl methyl sites for hydroxylation is 4. The van der Waals surface area contributed by atoms with Crippen LogP contribution in [0.25, 0.3) is 0 Å². The van der Waals surface area contributed by atoms with E-state index in [0.29, 0.717) is 0 Å². The molecule has 0 unspecified atom stereocenters. The summed E-state index contributed by atoms with van der Waals surface area (Å²) in [7, 11) is 0. The highest BCUT2D eigenvalue weighted by Crippen LogP contribution is 2.23. The Labute approximate surface area is 312 Å². The lowest BCUT2D eigenvalue weighted by Gasteiger charge is -2.12. The highest BCUT2D eigenvalue weighted by atomic mass is 14.5. The van der Waals surface area contributed by atoms with Gasteiger partial charge in [-0.3, -0.25) is 0 Å². The molecule has 4 rings (SSSR count). The summed E-state index contributed by atoms with van der Waals surface area (Å²) in [5, 5.41) is 0. The van der Waals surface area contributed by atoms with Gasteiger partial charge in [0.05, 0.1) is 0 Å². The van der Waals surface area contributed by atoms with Crippen molar-refractivity contribution >= 4 is 11.4 Å². The van der Waals surface area contributed by atoms with Gasteiger partial charge < -0.3 is 11.5 Å². The van der Waals surface area contributed by atoms with E-state index in [1.54, 1.807) is 0 Å². The van der Waals surface area contributed by atoms with Crippen LogP contribution in [0.4, 0.5) is 11.4 Å². The van der Waals surface area contributed by atoms with Crippen molar-refractivity contribution < 1.29 is 0 Å². The Kier molecular flexibility index (Phi) is 18.8. The van der Waals surface area contributed by atoms with Crippen LogP contribution in [-0.4, -0.2) is 0 Å². The molecular weight excluding hydrogens is 617 g/mol. The second-order valence-corrected chi connectivity index (χ2v) is 15.3. The lowest BCUT2D eigenvalue weighted by atomic mass is 9.94. The van der Waals surface area contributed by atoms with Crippen LogP contribution in [0.1, 0.15) is 168 Å². The number of nitrogens with two attached hydrogens (primary N) is 2. The number of hydrogen-bond donors (Lipinski definition) is 2. The Hall–Kier alpha value is -3.52. The molecule has 51 heavy (non-hydrogen) atoms. The average Bonchev–Trinajstić information content (AvgIpc) is 3.14. The van der Waals surface area contributed by atoms with E-state index in [0.717, 1.165) is 37.1 Å². The lowest BCUT2D eigenvalue weighted by Crippen LogP contribution is -1.99. The van der Waals surface area contributed by atoms with Crippen molar-refractivity contribution in [2.75, 3.05) is 11.5 Å². The van der Waals surface area contributed by atoms with Gasteiger partial charge in [-0.1, -0.05) is 158 Å². The summed E-state index contributed by atoms with van der Waals surface area (Å²) in [5.74, 6) is 0. The van der Waals surface area contributed by atoms with Crippen molar-refractivity contribution in [3.8, 4) is 0 Å². The number of hydrogen-bond acceptors (Lipinski definition) is 2. The summed E-state index contributed by atoms with van der Waals surface area (Å²) >= 11 is 0. The van der Waals surface area contributed by atoms with Crippen molar-refractivity contribution in [1.82, 2.24) is 0 Å². The van der Waals surface area contributed by atoms with Gasteiger partial charge in [-0.05, 0) is 133 Å². The maximum Gasteiger partial charge on any atom is 0.0316 e. The maximum atomic E-state index is 6.13. The zero-order valence-electron chi connectivity index (χ0n) is 32.5. The van der Waals surface area contributed by atoms with Gasteiger partial charge in [-0.25, -0.2) is 0 Å². The summed E-state index contributed by atoms with van der Waals surface area (Å²) in [4.78, 5) is 0.